The van der Waals surface area contributed by atoms with Crippen molar-refractivity contribution < 1.29 is 23.9 Å². The number of nitrogens with two attached hydrogens (primary N) is 1. The highest BCUT2D eigenvalue weighted by Crippen LogP contribution is 2.02. The lowest BCUT2D eigenvalue weighted by Gasteiger charge is -2.11. The zero-order valence-electron chi connectivity index (χ0n) is 10.0. The van der Waals surface area contributed by atoms with Crippen LogP contribution in [0, 0.1) is 0 Å². The van der Waals surface area contributed by atoms with E-state index in [2.05, 4.69) is 5.32 Å². The molecule has 0 aliphatic rings. The molecule has 0 aliphatic heterocycles. The summed E-state index contributed by atoms with van der Waals surface area (Å²) in [5, 5.41) is 11.1. The van der Waals surface area contributed by atoms with Gasteiger partial charge in [-0.15, -0.1) is 0 Å². The Bertz CT molecular complexity index is 478. The average Bonchev–Trinajstić information content (AvgIpc) is 2.84. The standard InChI is InChI=1S/C12H14N2O5/c13-10(15)5-4-9(12(17)18)14-11(16)6-3-8-2-1-7-19-8/h1-3,6-7,9H,4-5H2,(H2,13,15)(H,14,16)(H,17,18)/t9-/m0/s1. The van der Waals surface area contributed by atoms with Gasteiger partial charge in [0, 0.05) is 12.5 Å². The lowest BCUT2D eigenvalue weighted by atomic mass is 10.1. The number of carboxylic acid groups (broad SMARTS) is 1. The molecular weight excluding hydrogens is 252 g/mol. The van der Waals surface area contributed by atoms with Crippen LogP contribution in [0.4, 0.5) is 0 Å². The second kappa shape index (κ2) is 7.00. The van der Waals surface area contributed by atoms with E-state index in [1.54, 1.807) is 12.1 Å². The molecule has 1 atom stereocenters. The number of rotatable bonds is 7. The van der Waals surface area contributed by atoms with E-state index in [1.165, 1.54) is 12.3 Å². The fraction of sp³-hybridized carbons (Fsp3) is 0.250. The topological polar surface area (TPSA) is 123 Å². The summed E-state index contributed by atoms with van der Waals surface area (Å²) < 4.78 is 4.97. The van der Waals surface area contributed by atoms with Gasteiger partial charge in [0.25, 0.3) is 0 Å². The fourth-order valence-electron chi connectivity index (χ4n) is 1.31. The van der Waals surface area contributed by atoms with Gasteiger partial charge >= 0.3 is 5.97 Å². The third-order valence-electron chi connectivity index (χ3n) is 2.24. The van der Waals surface area contributed by atoms with Gasteiger partial charge < -0.3 is 20.6 Å². The van der Waals surface area contributed by atoms with Crippen molar-refractivity contribution in [3.05, 3.63) is 30.2 Å². The largest absolute Gasteiger partial charge is 0.480 e. The Morgan fingerprint density at radius 1 is 1.47 bits per heavy atom. The van der Waals surface area contributed by atoms with E-state index < -0.39 is 23.8 Å². The number of carboxylic acids is 1. The predicted octanol–water partition coefficient (Wildman–Crippen LogP) is 0.128. The molecule has 1 aromatic rings. The van der Waals surface area contributed by atoms with E-state index in [4.69, 9.17) is 15.3 Å². The normalized spacial score (nSPS) is 12.2. The lowest BCUT2D eigenvalue weighted by molar-refractivity contribution is -0.141. The van der Waals surface area contributed by atoms with Crippen LogP contribution in [0.5, 0.6) is 0 Å². The highest BCUT2D eigenvalue weighted by molar-refractivity contribution is 5.94. The second-order valence-corrected chi connectivity index (χ2v) is 3.75. The van der Waals surface area contributed by atoms with Crippen molar-refractivity contribution in [1.29, 1.82) is 0 Å². The summed E-state index contributed by atoms with van der Waals surface area (Å²) in [6, 6.07) is 2.15. The van der Waals surface area contributed by atoms with Crippen LogP contribution in [-0.2, 0) is 14.4 Å². The second-order valence-electron chi connectivity index (χ2n) is 3.75. The number of aliphatic carboxylic acids is 1. The molecule has 0 aromatic carbocycles. The maximum atomic E-state index is 11.5. The van der Waals surface area contributed by atoms with Crippen molar-refractivity contribution in [2.24, 2.45) is 5.73 Å². The molecule has 4 N–H and O–H groups in total. The van der Waals surface area contributed by atoms with Gasteiger partial charge in [0.15, 0.2) is 0 Å². The predicted molar refractivity (Wildman–Crippen MR) is 65.7 cm³/mol. The molecule has 0 saturated heterocycles. The van der Waals surface area contributed by atoms with Crippen molar-refractivity contribution in [3.8, 4) is 0 Å². The molecule has 0 fully saturated rings. The quantitative estimate of drug-likeness (QED) is 0.605. The molecule has 102 valence electrons. The summed E-state index contributed by atoms with van der Waals surface area (Å²) in [5.74, 6) is -1.96. The number of carbonyl (C=O) groups is 3. The Kier molecular flexibility index (Phi) is 5.34. The maximum absolute atomic E-state index is 11.5. The first-order valence-corrected chi connectivity index (χ1v) is 5.52. The average molecular weight is 266 g/mol. The monoisotopic (exact) mass is 266 g/mol. The Balaban J connectivity index is 2.51. The third kappa shape index (κ3) is 5.53. The van der Waals surface area contributed by atoms with Gasteiger partial charge in [-0.1, -0.05) is 0 Å². The Morgan fingerprint density at radius 2 is 2.21 bits per heavy atom. The minimum atomic E-state index is -1.22. The van der Waals surface area contributed by atoms with E-state index >= 15 is 0 Å². The van der Waals surface area contributed by atoms with Crippen molar-refractivity contribution in [1.82, 2.24) is 5.32 Å². The summed E-state index contributed by atoms with van der Waals surface area (Å²) in [5.41, 5.74) is 4.92. The smallest absolute Gasteiger partial charge is 0.326 e. The summed E-state index contributed by atoms with van der Waals surface area (Å²) in [7, 11) is 0. The van der Waals surface area contributed by atoms with Gasteiger partial charge in [0.2, 0.25) is 11.8 Å². The lowest BCUT2D eigenvalue weighted by Crippen LogP contribution is -2.40. The van der Waals surface area contributed by atoms with Crippen molar-refractivity contribution in [2.45, 2.75) is 18.9 Å². The van der Waals surface area contributed by atoms with Crippen molar-refractivity contribution in [2.75, 3.05) is 0 Å². The highest BCUT2D eigenvalue weighted by atomic mass is 16.4. The molecule has 0 saturated carbocycles. The van der Waals surface area contributed by atoms with Crippen LogP contribution in [0.3, 0.4) is 0 Å². The van der Waals surface area contributed by atoms with Gasteiger partial charge in [0.05, 0.1) is 6.26 Å². The highest BCUT2D eigenvalue weighted by Gasteiger charge is 2.19. The van der Waals surface area contributed by atoms with Crippen LogP contribution in [0.2, 0.25) is 0 Å². The van der Waals surface area contributed by atoms with Crippen LogP contribution in [0.1, 0.15) is 18.6 Å². The molecule has 0 spiro atoms. The summed E-state index contributed by atoms with van der Waals surface area (Å²) in [4.78, 5) is 32.9. The maximum Gasteiger partial charge on any atom is 0.326 e. The minimum Gasteiger partial charge on any atom is -0.480 e. The van der Waals surface area contributed by atoms with Crippen molar-refractivity contribution in [3.63, 3.8) is 0 Å². The minimum absolute atomic E-state index is 0.0506. The molecule has 1 rings (SSSR count). The number of nitrogens with one attached hydrogen (secondary N) is 1. The van der Waals surface area contributed by atoms with E-state index in [-0.39, 0.29) is 12.8 Å². The molecule has 2 amide bonds. The molecule has 7 heteroatoms. The van der Waals surface area contributed by atoms with Gasteiger partial charge in [-0.3, -0.25) is 9.59 Å². The molecule has 1 heterocycles. The van der Waals surface area contributed by atoms with Crippen LogP contribution >= 0.6 is 0 Å². The van der Waals surface area contributed by atoms with Gasteiger partial charge in [-0.25, -0.2) is 4.79 Å². The molecule has 1 aromatic heterocycles. The fourth-order valence-corrected chi connectivity index (χ4v) is 1.31. The van der Waals surface area contributed by atoms with E-state index in [9.17, 15) is 14.4 Å². The van der Waals surface area contributed by atoms with Crippen LogP contribution in [0.25, 0.3) is 6.08 Å². The SMILES string of the molecule is NC(=O)CC[C@H](NC(=O)C=Cc1ccco1)C(=O)O. The number of hydrogen-bond acceptors (Lipinski definition) is 4. The van der Waals surface area contributed by atoms with Crippen molar-refractivity contribution >= 4 is 23.9 Å². The zero-order chi connectivity index (χ0) is 14.3. The van der Waals surface area contributed by atoms with Gasteiger partial charge in [-0.2, -0.15) is 0 Å². The molecule has 0 bridgehead atoms. The summed E-state index contributed by atoms with van der Waals surface area (Å²) >= 11 is 0. The van der Waals surface area contributed by atoms with Gasteiger partial charge in [-0.05, 0) is 24.6 Å². The summed E-state index contributed by atoms with van der Waals surface area (Å²) in [6.07, 6.45) is 3.84. The molecule has 0 radical (unpaired) electrons. The number of carbonyl (C=O) groups excluding carboxylic acids is 2. The number of hydrogen-bond donors (Lipinski definition) is 3. The number of amides is 2. The first kappa shape index (κ1) is 14.5. The molecule has 0 unspecified atom stereocenters. The molecule has 0 aliphatic carbocycles. The zero-order valence-corrected chi connectivity index (χ0v) is 10.0. The molecule has 19 heavy (non-hydrogen) atoms. The van der Waals surface area contributed by atoms with Crippen LogP contribution in [0.15, 0.2) is 28.9 Å². The first-order valence-electron chi connectivity index (χ1n) is 5.52. The number of furan rings is 1. The van der Waals surface area contributed by atoms with E-state index in [0.717, 1.165) is 6.08 Å². The molecule has 7 nitrogen and oxygen atoms in total. The Hall–Kier alpha value is -2.57. The van der Waals surface area contributed by atoms with E-state index in [0.29, 0.717) is 5.76 Å². The summed E-state index contributed by atoms with van der Waals surface area (Å²) in [6.45, 7) is 0. The Labute approximate surface area is 109 Å². The Morgan fingerprint density at radius 3 is 2.74 bits per heavy atom. The van der Waals surface area contributed by atoms with Gasteiger partial charge in [0.1, 0.15) is 11.8 Å². The van der Waals surface area contributed by atoms with Crippen LogP contribution in [-0.4, -0.2) is 28.9 Å². The molecular formula is C12H14N2O5. The third-order valence-corrected chi connectivity index (χ3v) is 2.24. The number of primary amides is 1. The van der Waals surface area contributed by atoms with Crippen LogP contribution < -0.4 is 11.1 Å². The first-order chi connectivity index (χ1) is 8.99. The van der Waals surface area contributed by atoms with E-state index in [1.807, 2.05) is 0 Å².